The van der Waals surface area contributed by atoms with Crippen molar-refractivity contribution in [2.75, 3.05) is 6.54 Å². The van der Waals surface area contributed by atoms with E-state index in [9.17, 15) is 0 Å². The van der Waals surface area contributed by atoms with E-state index in [-0.39, 0.29) is 0 Å². The second-order valence-corrected chi connectivity index (χ2v) is 4.46. The Kier molecular flexibility index (Phi) is 4.43. The van der Waals surface area contributed by atoms with E-state index in [1.165, 1.54) is 32.1 Å². The SMILES string of the molecule is CC.CC1CCC2(C=NNCC2)CC1. The molecule has 1 saturated carbocycles. The highest BCUT2D eigenvalue weighted by Gasteiger charge is 2.33. The van der Waals surface area contributed by atoms with Crippen LogP contribution >= 0.6 is 0 Å². The highest BCUT2D eigenvalue weighted by atomic mass is 15.3. The van der Waals surface area contributed by atoms with E-state index in [2.05, 4.69) is 23.7 Å². The summed E-state index contributed by atoms with van der Waals surface area (Å²) in [6.45, 7) is 7.44. The molecule has 0 amide bonds. The van der Waals surface area contributed by atoms with Gasteiger partial charge in [0.2, 0.25) is 0 Å². The Hall–Kier alpha value is -0.530. The van der Waals surface area contributed by atoms with Crippen LogP contribution in [0.25, 0.3) is 0 Å². The van der Waals surface area contributed by atoms with E-state index in [1.54, 1.807) is 0 Å². The van der Waals surface area contributed by atoms with E-state index >= 15 is 0 Å². The number of hydrazone groups is 1. The molecule has 14 heavy (non-hydrogen) atoms. The molecule has 0 unspecified atom stereocenters. The maximum absolute atomic E-state index is 4.20. The van der Waals surface area contributed by atoms with Crippen molar-refractivity contribution >= 4 is 6.21 Å². The minimum Gasteiger partial charge on any atom is -0.310 e. The van der Waals surface area contributed by atoms with Gasteiger partial charge in [0.25, 0.3) is 0 Å². The van der Waals surface area contributed by atoms with Gasteiger partial charge in [-0.2, -0.15) is 5.10 Å². The molecular formula is C12H24N2. The van der Waals surface area contributed by atoms with Crippen molar-refractivity contribution in [1.82, 2.24) is 5.43 Å². The molecule has 1 aliphatic heterocycles. The number of hydrogen-bond donors (Lipinski definition) is 1. The van der Waals surface area contributed by atoms with Crippen LogP contribution in [0.2, 0.25) is 0 Å². The van der Waals surface area contributed by atoms with Gasteiger partial charge in [-0.25, -0.2) is 0 Å². The first-order chi connectivity index (χ1) is 6.81. The van der Waals surface area contributed by atoms with Crippen molar-refractivity contribution < 1.29 is 0 Å². The Bertz CT molecular complexity index is 179. The molecule has 2 nitrogen and oxygen atoms in total. The van der Waals surface area contributed by atoms with Gasteiger partial charge < -0.3 is 5.43 Å². The van der Waals surface area contributed by atoms with E-state index in [0.717, 1.165) is 12.5 Å². The van der Waals surface area contributed by atoms with Crippen LogP contribution < -0.4 is 5.43 Å². The molecule has 1 aliphatic carbocycles. The second-order valence-electron chi connectivity index (χ2n) is 4.46. The first kappa shape index (κ1) is 11.5. The standard InChI is InChI=1S/C10H18N2.C2H6/c1-9-2-4-10(5-3-9)6-7-11-12-8-10;1-2/h8-9,11H,2-7H2,1H3;1-2H3. The predicted octanol–water partition coefficient (Wildman–Crippen LogP) is 3.19. The molecule has 0 atom stereocenters. The molecule has 2 aliphatic rings. The number of nitrogens with zero attached hydrogens (tertiary/aromatic N) is 1. The van der Waals surface area contributed by atoms with Gasteiger partial charge in [0.1, 0.15) is 0 Å². The molecule has 1 N–H and O–H groups in total. The Labute approximate surface area is 88.2 Å². The van der Waals surface area contributed by atoms with E-state index in [4.69, 9.17) is 0 Å². The summed E-state index contributed by atoms with van der Waals surface area (Å²) in [6.07, 6.45) is 8.97. The third-order valence-electron chi connectivity index (χ3n) is 3.43. The van der Waals surface area contributed by atoms with Gasteiger partial charge in [0.15, 0.2) is 0 Å². The zero-order chi connectivity index (χ0) is 10.4. The van der Waals surface area contributed by atoms with Crippen molar-refractivity contribution in [1.29, 1.82) is 0 Å². The quantitative estimate of drug-likeness (QED) is 0.632. The normalized spacial score (nSPS) is 35.8. The molecule has 0 aromatic heterocycles. The van der Waals surface area contributed by atoms with Gasteiger partial charge in [-0.15, -0.1) is 0 Å². The first-order valence-electron chi connectivity index (χ1n) is 6.08. The molecule has 0 aromatic carbocycles. The fourth-order valence-corrected chi connectivity index (χ4v) is 2.33. The molecule has 1 heterocycles. The molecule has 0 bridgehead atoms. The third kappa shape index (κ3) is 2.73. The van der Waals surface area contributed by atoms with Crippen LogP contribution in [0.5, 0.6) is 0 Å². The van der Waals surface area contributed by atoms with Crippen molar-refractivity contribution in [3.63, 3.8) is 0 Å². The van der Waals surface area contributed by atoms with Crippen LogP contribution in [-0.4, -0.2) is 12.8 Å². The maximum atomic E-state index is 4.20. The second kappa shape index (κ2) is 5.38. The zero-order valence-corrected chi connectivity index (χ0v) is 9.84. The first-order valence-corrected chi connectivity index (χ1v) is 6.08. The van der Waals surface area contributed by atoms with E-state index in [1.807, 2.05) is 13.8 Å². The summed E-state index contributed by atoms with van der Waals surface area (Å²) in [5, 5.41) is 4.20. The third-order valence-corrected chi connectivity index (χ3v) is 3.43. The zero-order valence-electron chi connectivity index (χ0n) is 9.84. The van der Waals surface area contributed by atoms with Gasteiger partial charge in [-0.3, -0.25) is 0 Å². The maximum Gasteiger partial charge on any atom is 0.0338 e. The fourth-order valence-electron chi connectivity index (χ4n) is 2.33. The number of nitrogens with one attached hydrogen (secondary N) is 1. The molecule has 1 fully saturated rings. The van der Waals surface area contributed by atoms with Gasteiger partial charge in [-0.1, -0.05) is 20.8 Å². The van der Waals surface area contributed by atoms with Crippen LogP contribution in [0, 0.1) is 11.3 Å². The highest BCUT2D eigenvalue weighted by Crippen LogP contribution is 2.40. The minimum atomic E-state index is 0.484. The molecular weight excluding hydrogens is 172 g/mol. The fraction of sp³-hybridized carbons (Fsp3) is 0.917. The average Bonchev–Trinajstić information content (AvgIpc) is 2.27. The lowest BCUT2D eigenvalue weighted by Gasteiger charge is -2.38. The molecule has 82 valence electrons. The van der Waals surface area contributed by atoms with Crippen molar-refractivity contribution in [2.45, 2.75) is 52.9 Å². The Balaban J connectivity index is 0.000000461. The van der Waals surface area contributed by atoms with Crippen LogP contribution in [0.15, 0.2) is 5.10 Å². The predicted molar refractivity (Wildman–Crippen MR) is 62.5 cm³/mol. The van der Waals surface area contributed by atoms with Crippen molar-refractivity contribution in [3.8, 4) is 0 Å². The summed E-state index contributed by atoms with van der Waals surface area (Å²) in [5.74, 6) is 0.943. The molecule has 2 rings (SSSR count). The van der Waals surface area contributed by atoms with Crippen LogP contribution in [0.4, 0.5) is 0 Å². The van der Waals surface area contributed by atoms with E-state index < -0.39 is 0 Å². The molecule has 0 aromatic rings. The summed E-state index contributed by atoms with van der Waals surface area (Å²) >= 11 is 0. The number of hydrogen-bond acceptors (Lipinski definition) is 2. The van der Waals surface area contributed by atoms with Crippen LogP contribution in [0.1, 0.15) is 52.9 Å². The summed E-state index contributed by atoms with van der Waals surface area (Å²) < 4.78 is 0. The lowest BCUT2D eigenvalue weighted by atomic mass is 9.69. The highest BCUT2D eigenvalue weighted by molar-refractivity contribution is 5.66. The Morgan fingerprint density at radius 3 is 2.36 bits per heavy atom. The van der Waals surface area contributed by atoms with Gasteiger partial charge in [0, 0.05) is 18.2 Å². The Morgan fingerprint density at radius 2 is 1.86 bits per heavy atom. The Morgan fingerprint density at radius 1 is 1.21 bits per heavy atom. The van der Waals surface area contributed by atoms with E-state index in [0.29, 0.717) is 5.41 Å². The average molecular weight is 196 g/mol. The largest absolute Gasteiger partial charge is 0.310 e. The monoisotopic (exact) mass is 196 g/mol. The number of rotatable bonds is 0. The molecule has 0 radical (unpaired) electrons. The summed E-state index contributed by atoms with van der Waals surface area (Å²) in [4.78, 5) is 0. The smallest absolute Gasteiger partial charge is 0.0338 e. The lowest BCUT2D eigenvalue weighted by molar-refractivity contribution is 0.215. The van der Waals surface area contributed by atoms with Crippen LogP contribution in [0.3, 0.4) is 0 Å². The summed E-state index contributed by atoms with van der Waals surface area (Å²) in [5.41, 5.74) is 3.52. The summed E-state index contributed by atoms with van der Waals surface area (Å²) in [7, 11) is 0. The van der Waals surface area contributed by atoms with Crippen LogP contribution in [-0.2, 0) is 0 Å². The molecule has 0 saturated heterocycles. The van der Waals surface area contributed by atoms with Crippen molar-refractivity contribution in [2.24, 2.45) is 16.4 Å². The van der Waals surface area contributed by atoms with Crippen molar-refractivity contribution in [3.05, 3.63) is 0 Å². The lowest BCUT2D eigenvalue weighted by Crippen LogP contribution is -2.35. The van der Waals surface area contributed by atoms with Gasteiger partial charge in [-0.05, 0) is 38.0 Å². The minimum absolute atomic E-state index is 0.484. The van der Waals surface area contributed by atoms with Gasteiger partial charge >= 0.3 is 0 Å². The summed E-state index contributed by atoms with van der Waals surface area (Å²) in [6, 6.07) is 0. The van der Waals surface area contributed by atoms with Gasteiger partial charge in [0.05, 0.1) is 0 Å². The molecule has 2 heteroatoms. The topological polar surface area (TPSA) is 24.4 Å². The molecule has 1 spiro atoms.